The standard InChI is InChI=1S/C73H142O17P2/c1-9-65(7)51-43-35-27-21-17-18-22-28-37-45-53-70(75)83-59-68(89-72(77)55-47-39-29-23-15-11-13-19-25-33-41-49-63(3)4)61-87-91(79,80)85-57-67(74)58-86-92(81,82)88-62-69(60-84-71(76)54-46-38-32-31-36-44-52-66(8)10-2)90-73(78)56-48-40-30-24-16-12-14-20-26-34-42-50-64(5)6/h63-69,74H,9-62H2,1-8H3,(H,79,80)(H,81,82)/t65?,66?,67-,68-,69-/m1/s1. The number of carbonyl (C=O) groups is 4. The van der Waals surface area contributed by atoms with Crippen LogP contribution in [-0.4, -0.2) is 96.7 Å². The summed E-state index contributed by atoms with van der Waals surface area (Å²) in [4.78, 5) is 72.7. The van der Waals surface area contributed by atoms with Gasteiger partial charge in [-0.3, -0.25) is 37.3 Å². The summed E-state index contributed by atoms with van der Waals surface area (Å²) in [5, 5.41) is 10.6. The number of phosphoric ester groups is 2. The van der Waals surface area contributed by atoms with E-state index in [0.717, 1.165) is 120 Å². The maximum atomic E-state index is 13.1. The molecule has 17 nitrogen and oxygen atoms in total. The van der Waals surface area contributed by atoms with Crippen molar-refractivity contribution in [2.24, 2.45) is 23.7 Å². The Balaban J connectivity index is 5.27. The molecule has 19 heteroatoms. The van der Waals surface area contributed by atoms with Gasteiger partial charge in [0.15, 0.2) is 12.2 Å². The molecule has 0 aromatic heterocycles. The summed E-state index contributed by atoms with van der Waals surface area (Å²) >= 11 is 0. The second-order valence-electron chi connectivity index (χ2n) is 27.8. The highest BCUT2D eigenvalue weighted by Gasteiger charge is 2.30. The van der Waals surface area contributed by atoms with Gasteiger partial charge in [-0.15, -0.1) is 0 Å². The minimum Gasteiger partial charge on any atom is -0.462 e. The van der Waals surface area contributed by atoms with Crippen molar-refractivity contribution in [1.82, 2.24) is 0 Å². The highest BCUT2D eigenvalue weighted by molar-refractivity contribution is 7.47. The lowest BCUT2D eigenvalue weighted by molar-refractivity contribution is -0.161. The number of phosphoric acid groups is 2. The summed E-state index contributed by atoms with van der Waals surface area (Å²) in [6.07, 6.45) is 45.7. The van der Waals surface area contributed by atoms with Gasteiger partial charge in [0.25, 0.3) is 0 Å². The topological polar surface area (TPSA) is 237 Å². The van der Waals surface area contributed by atoms with Crippen molar-refractivity contribution >= 4 is 39.5 Å². The number of unbranched alkanes of at least 4 members (excludes halogenated alkanes) is 34. The molecule has 92 heavy (non-hydrogen) atoms. The molecule has 0 aliphatic carbocycles. The molecule has 3 N–H and O–H groups in total. The van der Waals surface area contributed by atoms with E-state index in [2.05, 4.69) is 55.4 Å². The molecule has 0 fully saturated rings. The second-order valence-corrected chi connectivity index (χ2v) is 30.7. The SMILES string of the molecule is CCC(C)CCCCCCCCCCCCC(=O)OC[C@H](COP(=O)(O)OC[C@@H](O)COP(=O)(O)OC[C@@H](COC(=O)CCCCCCCCC(C)CC)OC(=O)CCCCCCCCCCCCCC(C)C)OC(=O)CCCCCCCCCCCCCC(C)C. The number of esters is 4. The monoisotopic (exact) mass is 1350 g/mol. The molecular weight excluding hydrogens is 1210 g/mol. The van der Waals surface area contributed by atoms with Gasteiger partial charge < -0.3 is 33.8 Å². The van der Waals surface area contributed by atoms with Crippen molar-refractivity contribution < 1.29 is 80.2 Å². The van der Waals surface area contributed by atoms with Crippen molar-refractivity contribution in [3.05, 3.63) is 0 Å². The highest BCUT2D eigenvalue weighted by Crippen LogP contribution is 2.45. The van der Waals surface area contributed by atoms with E-state index in [1.54, 1.807) is 0 Å². The molecule has 0 bridgehead atoms. The molecule has 4 unspecified atom stereocenters. The van der Waals surface area contributed by atoms with Crippen LogP contribution in [0.3, 0.4) is 0 Å². The van der Waals surface area contributed by atoms with Crippen LogP contribution in [0.15, 0.2) is 0 Å². The summed E-state index contributed by atoms with van der Waals surface area (Å²) < 4.78 is 68.4. The van der Waals surface area contributed by atoms with E-state index in [-0.39, 0.29) is 25.7 Å². The molecule has 0 saturated carbocycles. The number of aliphatic hydroxyl groups is 1. The quantitative estimate of drug-likeness (QED) is 0.0222. The van der Waals surface area contributed by atoms with Gasteiger partial charge in [0.2, 0.25) is 0 Å². The van der Waals surface area contributed by atoms with Gasteiger partial charge in [0.05, 0.1) is 26.4 Å². The third kappa shape index (κ3) is 64.1. The van der Waals surface area contributed by atoms with Crippen molar-refractivity contribution in [1.29, 1.82) is 0 Å². The van der Waals surface area contributed by atoms with Gasteiger partial charge in [-0.25, -0.2) is 9.13 Å². The first kappa shape index (κ1) is 90.1. The van der Waals surface area contributed by atoms with Crippen LogP contribution in [0.2, 0.25) is 0 Å². The molecule has 0 aromatic rings. The predicted molar refractivity (Wildman–Crippen MR) is 372 cm³/mol. The van der Waals surface area contributed by atoms with Crippen LogP contribution in [0.25, 0.3) is 0 Å². The molecule has 0 amide bonds. The molecule has 0 aliphatic rings. The molecule has 0 aromatic carbocycles. The fourth-order valence-electron chi connectivity index (χ4n) is 11.0. The fraction of sp³-hybridized carbons (Fsp3) is 0.945. The smallest absolute Gasteiger partial charge is 0.462 e. The first-order valence-electron chi connectivity index (χ1n) is 37.8. The first-order chi connectivity index (χ1) is 44.2. The summed E-state index contributed by atoms with van der Waals surface area (Å²) in [5.74, 6) is 0.946. The van der Waals surface area contributed by atoms with Gasteiger partial charge in [0.1, 0.15) is 19.3 Å². The Morgan fingerprint density at radius 1 is 0.304 bits per heavy atom. The average Bonchev–Trinajstić information content (AvgIpc) is 2.64. The zero-order valence-electron chi connectivity index (χ0n) is 60.2. The van der Waals surface area contributed by atoms with Crippen LogP contribution in [0.4, 0.5) is 0 Å². The molecule has 0 rings (SSSR count). The fourth-order valence-corrected chi connectivity index (χ4v) is 12.5. The van der Waals surface area contributed by atoms with Gasteiger partial charge in [-0.05, 0) is 49.4 Å². The van der Waals surface area contributed by atoms with Gasteiger partial charge in [-0.1, -0.05) is 312 Å². The van der Waals surface area contributed by atoms with E-state index in [4.69, 9.17) is 37.0 Å². The Hall–Kier alpha value is -1.94. The number of aliphatic hydroxyl groups excluding tert-OH is 1. The van der Waals surface area contributed by atoms with E-state index in [1.807, 2.05) is 0 Å². The summed E-state index contributed by atoms with van der Waals surface area (Å²) in [6.45, 7) is 14.2. The van der Waals surface area contributed by atoms with E-state index in [9.17, 15) is 43.2 Å². The number of hydrogen-bond donors (Lipinski definition) is 3. The van der Waals surface area contributed by atoms with E-state index in [1.165, 1.54) is 161 Å². The molecule has 0 radical (unpaired) electrons. The van der Waals surface area contributed by atoms with Gasteiger partial charge in [0, 0.05) is 25.7 Å². The van der Waals surface area contributed by atoms with Crippen molar-refractivity contribution in [2.75, 3.05) is 39.6 Å². The Kier molecular flexibility index (Phi) is 61.3. The third-order valence-electron chi connectivity index (χ3n) is 17.5. The maximum absolute atomic E-state index is 13.1. The zero-order valence-corrected chi connectivity index (χ0v) is 62.0. The van der Waals surface area contributed by atoms with Gasteiger partial charge in [-0.2, -0.15) is 0 Å². The maximum Gasteiger partial charge on any atom is 0.472 e. The van der Waals surface area contributed by atoms with Crippen LogP contribution < -0.4 is 0 Å². The largest absolute Gasteiger partial charge is 0.472 e. The molecule has 0 saturated heterocycles. The Bertz CT molecular complexity index is 1820. The number of rotatable bonds is 70. The van der Waals surface area contributed by atoms with Crippen molar-refractivity contribution in [3.63, 3.8) is 0 Å². The lowest BCUT2D eigenvalue weighted by Gasteiger charge is -2.21. The summed E-state index contributed by atoms with van der Waals surface area (Å²) in [6, 6.07) is 0. The molecule has 546 valence electrons. The Morgan fingerprint density at radius 2 is 0.522 bits per heavy atom. The molecule has 0 aliphatic heterocycles. The van der Waals surface area contributed by atoms with E-state index >= 15 is 0 Å². The van der Waals surface area contributed by atoms with Crippen molar-refractivity contribution in [2.45, 2.75) is 382 Å². The molecular formula is C73H142O17P2. The second kappa shape index (κ2) is 62.6. The summed E-state index contributed by atoms with van der Waals surface area (Å²) in [7, 11) is -9.91. The number of hydrogen-bond acceptors (Lipinski definition) is 15. The van der Waals surface area contributed by atoms with E-state index < -0.39 is 97.5 Å². The Morgan fingerprint density at radius 3 is 0.772 bits per heavy atom. The van der Waals surface area contributed by atoms with Crippen molar-refractivity contribution in [3.8, 4) is 0 Å². The minimum absolute atomic E-state index is 0.105. The minimum atomic E-state index is -4.96. The van der Waals surface area contributed by atoms with Crippen LogP contribution in [-0.2, 0) is 65.4 Å². The van der Waals surface area contributed by atoms with Gasteiger partial charge >= 0.3 is 39.5 Å². The Labute approximate surface area is 562 Å². The predicted octanol–water partition coefficient (Wildman–Crippen LogP) is 20.9. The van der Waals surface area contributed by atoms with Crippen LogP contribution in [0.5, 0.6) is 0 Å². The zero-order chi connectivity index (χ0) is 68.2. The first-order valence-corrected chi connectivity index (χ1v) is 40.8. The summed E-state index contributed by atoms with van der Waals surface area (Å²) in [5.41, 5.74) is 0. The average molecular weight is 1350 g/mol. The van der Waals surface area contributed by atoms with Crippen LogP contribution >= 0.6 is 15.6 Å². The normalized spacial score (nSPS) is 14.8. The number of carbonyl (C=O) groups excluding carboxylic acids is 4. The lowest BCUT2D eigenvalue weighted by Crippen LogP contribution is -2.30. The lowest BCUT2D eigenvalue weighted by atomic mass is 9.99. The number of ether oxygens (including phenoxy) is 4. The van der Waals surface area contributed by atoms with E-state index in [0.29, 0.717) is 25.7 Å². The van der Waals surface area contributed by atoms with Crippen LogP contribution in [0, 0.1) is 23.7 Å². The van der Waals surface area contributed by atoms with Crippen LogP contribution in [0.1, 0.15) is 364 Å². The molecule has 0 spiro atoms. The third-order valence-corrected chi connectivity index (χ3v) is 19.4. The molecule has 7 atom stereocenters. The highest BCUT2D eigenvalue weighted by atomic mass is 31.2. The molecule has 0 heterocycles.